The fourth-order valence-electron chi connectivity index (χ4n) is 7.83. The van der Waals surface area contributed by atoms with Crippen LogP contribution in [-0.4, -0.2) is 11.4 Å². The molecule has 2 aliphatic rings. The van der Waals surface area contributed by atoms with Crippen LogP contribution in [0.15, 0.2) is 146 Å². The van der Waals surface area contributed by atoms with Gasteiger partial charge in [0.1, 0.15) is 0 Å². The van der Waals surface area contributed by atoms with Crippen molar-refractivity contribution in [2.45, 2.75) is 31.8 Å². The summed E-state index contributed by atoms with van der Waals surface area (Å²) in [5.41, 5.74) is 16.4. The largest absolute Gasteiger partial charge is 0.295 e. The van der Waals surface area contributed by atoms with E-state index in [-0.39, 0.29) is 5.41 Å². The van der Waals surface area contributed by atoms with E-state index in [1.54, 1.807) is 0 Å². The van der Waals surface area contributed by atoms with E-state index in [1.165, 1.54) is 66.8 Å². The standard InChI is InChI=1S/C42H35N/c1-2-43(28-31-16-13-24-36-35-22-10-9-15-30(35)27-38(31)36)29-32-17-14-26-40-41(32)37-23-11-12-25-39(37)42(40,33-18-5-3-6-19-33)34-20-7-4-8-21-34/h3-26H,2,27-29H2,1H3. The molecule has 0 aromatic heterocycles. The lowest BCUT2D eigenvalue weighted by molar-refractivity contribution is 0.271. The maximum atomic E-state index is 2.61. The van der Waals surface area contributed by atoms with Crippen LogP contribution < -0.4 is 0 Å². The summed E-state index contributed by atoms with van der Waals surface area (Å²) in [6.45, 7) is 5.14. The minimum atomic E-state index is -0.354. The third-order valence-electron chi connectivity index (χ3n) is 9.75. The molecule has 0 aliphatic heterocycles. The Morgan fingerprint density at radius 3 is 1.81 bits per heavy atom. The van der Waals surface area contributed by atoms with Gasteiger partial charge in [0.15, 0.2) is 0 Å². The van der Waals surface area contributed by atoms with Crippen molar-refractivity contribution in [2.24, 2.45) is 0 Å². The second-order valence-corrected chi connectivity index (χ2v) is 11.9. The first-order valence-corrected chi connectivity index (χ1v) is 15.5. The molecule has 1 heteroatoms. The second-order valence-electron chi connectivity index (χ2n) is 11.9. The van der Waals surface area contributed by atoms with E-state index in [1.807, 2.05) is 0 Å². The first-order valence-electron chi connectivity index (χ1n) is 15.5. The molecule has 208 valence electrons. The van der Waals surface area contributed by atoms with Crippen molar-refractivity contribution in [1.82, 2.24) is 4.90 Å². The third-order valence-corrected chi connectivity index (χ3v) is 9.75. The fraction of sp³-hybridized carbons (Fsp3) is 0.143. The highest BCUT2D eigenvalue weighted by Gasteiger charge is 2.46. The molecule has 0 heterocycles. The average molecular weight is 554 g/mol. The first-order chi connectivity index (χ1) is 21.3. The van der Waals surface area contributed by atoms with Crippen molar-refractivity contribution in [2.75, 3.05) is 6.54 Å². The van der Waals surface area contributed by atoms with Gasteiger partial charge in [-0.25, -0.2) is 0 Å². The molecule has 8 rings (SSSR count). The van der Waals surface area contributed by atoms with Crippen molar-refractivity contribution >= 4 is 0 Å². The van der Waals surface area contributed by atoms with Gasteiger partial charge in [-0.3, -0.25) is 4.90 Å². The Balaban J connectivity index is 1.24. The predicted molar refractivity (Wildman–Crippen MR) is 178 cm³/mol. The van der Waals surface area contributed by atoms with Crippen molar-refractivity contribution in [3.8, 4) is 22.3 Å². The zero-order valence-corrected chi connectivity index (χ0v) is 24.6. The smallest absolute Gasteiger partial charge is 0.0713 e. The Hall–Kier alpha value is -4.72. The second kappa shape index (κ2) is 10.5. The molecule has 0 amide bonds. The summed E-state index contributed by atoms with van der Waals surface area (Å²) < 4.78 is 0. The summed E-state index contributed by atoms with van der Waals surface area (Å²) in [4.78, 5) is 2.61. The van der Waals surface area contributed by atoms with Gasteiger partial charge in [0.2, 0.25) is 0 Å². The molecule has 0 bridgehead atoms. The Morgan fingerprint density at radius 1 is 0.512 bits per heavy atom. The van der Waals surface area contributed by atoms with Crippen LogP contribution in [0, 0.1) is 0 Å². The van der Waals surface area contributed by atoms with Crippen molar-refractivity contribution < 1.29 is 0 Å². The summed E-state index contributed by atoms with van der Waals surface area (Å²) in [5, 5.41) is 0. The van der Waals surface area contributed by atoms with Gasteiger partial charge >= 0.3 is 0 Å². The topological polar surface area (TPSA) is 3.24 Å². The maximum Gasteiger partial charge on any atom is 0.0713 e. The lowest BCUT2D eigenvalue weighted by Crippen LogP contribution is -2.28. The Labute approximate surface area is 255 Å². The van der Waals surface area contributed by atoms with Gasteiger partial charge in [0, 0.05) is 13.1 Å². The van der Waals surface area contributed by atoms with E-state index in [0.29, 0.717) is 0 Å². The summed E-state index contributed by atoms with van der Waals surface area (Å²) >= 11 is 0. The minimum Gasteiger partial charge on any atom is -0.295 e. The van der Waals surface area contributed by atoms with Gasteiger partial charge < -0.3 is 0 Å². The molecular formula is C42H35N. The first kappa shape index (κ1) is 25.9. The molecule has 0 fully saturated rings. The van der Waals surface area contributed by atoms with Crippen LogP contribution in [0.2, 0.25) is 0 Å². The normalized spacial score (nSPS) is 13.8. The molecule has 0 atom stereocenters. The van der Waals surface area contributed by atoms with Crippen molar-refractivity contribution in [3.05, 3.63) is 190 Å². The van der Waals surface area contributed by atoms with Crippen LogP contribution in [-0.2, 0) is 24.9 Å². The molecule has 6 aromatic rings. The van der Waals surface area contributed by atoms with Crippen LogP contribution in [0.3, 0.4) is 0 Å². The Kier molecular flexibility index (Phi) is 6.35. The molecule has 0 saturated heterocycles. The number of hydrogen-bond acceptors (Lipinski definition) is 1. The molecule has 0 N–H and O–H groups in total. The van der Waals surface area contributed by atoms with E-state index >= 15 is 0 Å². The highest BCUT2D eigenvalue weighted by Crippen LogP contribution is 2.57. The molecular weight excluding hydrogens is 518 g/mol. The van der Waals surface area contributed by atoms with Gasteiger partial charge in [-0.1, -0.05) is 153 Å². The third kappa shape index (κ3) is 4.03. The van der Waals surface area contributed by atoms with Crippen LogP contribution >= 0.6 is 0 Å². The van der Waals surface area contributed by atoms with Gasteiger partial charge in [-0.05, 0) is 79.7 Å². The van der Waals surface area contributed by atoms with Gasteiger partial charge in [-0.2, -0.15) is 0 Å². The van der Waals surface area contributed by atoms with Crippen LogP contribution in [0.5, 0.6) is 0 Å². The van der Waals surface area contributed by atoms with Gasteiger partial charge in [-0.15, -0.1) is 0 Å². The summed E-state index contributed by atoms with van der Waals surface area (Å²) in [7, 11) is 0. The van der Waals surface area contributed by atoms with E-state index < -0.39 is 0 Å². The lowest BCUT2D eigenvalue weighted by atomic mass is 9.67. The van der Waals surface area contributed by atoms with E-state index in [2.05, 4.69) is 157 Å². The summed E-state index contributed by atoms with van der Waals surface area (Å²) in [6.07, 6.45) is 1.03. The molecule has 2 aliphatic carbocycles. The Bertz CT molecular complexity index is 1900. The minimum absolute atomic E-state index is 0.354. The SMILES string of the molecule is CCN(Cc1cccc2c1Cc1ccccc1-2)Cc1cccc2c1-c1ccccc1C2(c1ccccc1)c1ccccc1. The van der Waals surface area contributed by atoms with E-state index in [4.69, 9.17) is 0 Å². The predicted octanol–water partition coefficient (Wildman–Crippen LogP) is 9.64. The number of fused-ring (bicyclic) bond motifs is 6. The van der Waals surface area contributed by atoms with Crippen LogP contribution in [0.1, 0.15) is 51.4 Å². The molecule has 6 aromatic carbocycles. The number of benzene rings is 6. The number of nitrogens with zero attached hydrogens (tertiary/aromatic N) is 1. The highest BCUT2D eigenvalue weighted by molar-refractivity contribution is 5.88. The van der Waals surface area contributed by atoms with Crippen molar-refractivity contribution in [3.63, 3.8) is 0 Å². The maximum absolute atomic E-state index is 2.61. The van der Waals surface area contributed by atoms with Gasteiger partial charge in [0.05, 0.1) is 5.41 Å². The van der Waals surface area contributed by atoms with Gasteiger partial charge in [0.25, 0.3) is 0 Å². The zero-order valence-electron chi connectivity index (χ0n) is 24.6. The lowest BCUT2D eigenvalue weighted by Gasteiger charge is -2.34. The Morgan fingerprint density at radius 2 is 1.07 bits per heavy atom. The number of hydrogen-bond donors (Lipinski definition) is 0. The molecule has 0 radical (unpaired) electrons. The molecule has 0 saturated carbocycles. The summed E-state index contributed by atoms with van der Waals surface area (Å²) in [6, 6.07) is 54.1. The molecule has 0 unspecified atom stereocenters. The quantitative estimate of drug-likeness (QED) is 0.190. The van der Waals surface area contributed by atoms with E-state index in [9.17, 15) is 0 Å². The zero-order chi connectivity index (χ0) is 28.8. The van der Waals surface area contributed by atoms with Crippen molar-refractivity contribution in [1.29, 1.82) is 0 Å². The highest BCUT2D eigenvalue weighted by atomic mass is 15.1. The van der Waals surface area contributed by atoms with E-state index in [0.717, 1.165) is 26.1 Å². The fourth-order valence-corrected chi connectivity index (χ4v) is 7.83. The monoisotopic (exact) mass is 553 g/mol. The number of rotatable bonds is 7. The summed E-state index contributed by atoms with van der Waals surface area (Å²) in [5.74, 6) is 0. The average Bonchev–Trinajstić information content (AvgIpc) is 3.60. The van der Waals surface area contributed by atoms with Crippen LogP contribution in [0.4, 0.5) is 0 Å². The van der Waals surface area contributed by atoms with Crippen LogP contribution in [0.25, 0.3) is 22.3 Å². The molecule has 1 nitrogen and oxygen atoms in total. The molecule has 43 heavy (non-hydrogen) atoms. The molecule has 0 spiro atoms.